The smallest absolute Gasteiger partial charge is 0.255 e. The van der Waals surface area contributed by atoms with Crippen molar-refractivity contribution in [3.63, 3.8) is 0 Å². The van der Waals surface area contributed by atoms with Gasteiger partial charge in [0.15, 0.2) is 0 Å². The van der Waals surface area contributed by atoms with Gasteiger partial charge in [0.1, 0.15) is 5.82 Å². The number of fused-ring (bicyclic) bond motifs is 1. The van der Waals surface area contributed by atoms with Gasteiger partial charge in [-0.05, 0) is 17.5 Å². The summed E-state index contributed by atoms with van der Waals surface area (Å²) >= 11 is 7.21. The molecule has 92 valence electrons. The minimum absolute atomic E-state index is 0.301. The van der Waals surface area contributed by atoms with Crippen LogP contribution in [0.25, 0.3) is 10.1 Å². The van der Waals surface area contributed by atoms with E-state index in [-0.39, 0.29) is 6.54 Å². The maximum Gasteiger partial charge on any atom is 0.255 e. The van der Waals surface area contributed by atoms with Crippen LogP contribution < -0.4 is 4.90 Å². The van der Waals surface area contributed by atoms with Gasteiger partial charge in [0.05, 0.1) is 6.54 Å². The maximum absolute atomic E-state index is 12.5. The first-order valence-corrected chi connectivity index (χ1v) is 6.55. The highest BCUT2D eigenvalue weighted by Crippen LogP contribution is 2.28. The van der Waals surface area contributed by atoms with Crippen molar-refractivity contribution in [2.45, 2.75) is 6.43 Å². The highest BCUT2D eigenvalue weighted by molar-refractivity contribution is 7.17. The lowest BCUT2D eigenvalue weighted by Gasteiger charge is -2.22. The summed E-state index contributed by atoms with van der Waals surface area (Å²) in [7, 11) is 0. The van der Waals surface area contributed by atoms with Crippen LogP contribution in [0.3, 0.4) is 0 Å². The number of anilines is 1. The summed E-state index contributed by atoms with van der Waals surface area (Å²) in [6.07, 6.45) is -0.755. The van der Waals surface area contributed by atoms with E-state index in [1.807, 2.05) is 17.5 Å². The lowest BCUT2D eigenvalue weighted by molar-refractivity contribution is 0.155. The standard InChI is InChI=1S/C11H11ClF2N2S/c12-3-5-16(7-10(13)14)11-8-2-6-17-9(8)1-4-15-11/h1-2,4,6,10H,3,5,7H2. The fraction of sp³-hybridized carbons (Fsp3) is 0.364. The molecular formula is C11H11ClF2N2S. The summed E-state index contributed by atoms with van der Waals surface area (Å²) in [5.74, 6) is 0.888. The average molecular weight is 277 g/mol. The van der Waals surface area contributed by atoms with Gasteiger partial charge in [-0.2, -0.15) is 0 Å². The number of rotatable bonds is 5. The van der Waals surface area contributed by atoms with Gasteiger partial charge in [0.25, 0.3) is 6.43 Å². The number of thiophene rings is 1. The molecule has 0 bridgehead atoms. The van der Waals surface area contributed by atoms with Gasteiger partial charge >= 0.3 is 0 Å². The number of halogens is 3. The van der Waals surface area contributed by atoms with E-state index in [2.05, 4.69) is 4.98 Å². The Labute approximate surface area is 107 Å². The third-order valence-electron chi connectivity index (χ3n) is 2.37. The molecule has 0 fully saturated rings. The second-order valence-electron chi connectivity index (χ2n) is 3.49. The molecule has 2 aromatic rings. The van der Waals surface area contributed by atoms with Crippen molar-refractivity contribution in [3.05, 3.63) is 23.7 Å². The van der Waals surface area contributed by atoms with Crippen molar-refractivity contribution in [3.8, 4) is 0 Å². The predicted molar refractivity (Wildman–Crippen MR) is 68.6 cm³/mol. The van der Waals surface area contributed by atoms with E-state index in [0.717, 1.165) is 10.1 Å². The molecule has 0 aliphatic rings. The normalized spacial score (nSPS) is 11.3. The molecule has 17 heavy (non-hydrogen) atoms. The number of aromatic nitrogens is 1. The fourth-order valence-electron chi connectivity index (χ4n) is 1.68. The quantitative estimate of drug-likeness (QED) is 0.776. The zero-order valence-corrected chi connectivity index (χ0v) is 10.5. The molecule has 0 saturated heterocycles. The maximum atomic E-state index is 12.5. The number of hydrogen-bond donors (Lipinski definition) is 0. The Morgan fingerprint density at radius 2 is 2.24 bits per heavy atom. The molecule has 0 amide bonds. The number of alkyl halides is 3. The molecule has 0 unspecified atom stereocenters. The van der Waals surface area contributed by atoms with Crippen molar-refractivity contribution in [2.24, 2.45) is 0 Å². The third kappa shape index (κ3) is 2.84. The van der Waals surface area contributed by atoms with E-state index >= 15 is 0 Å². The number of hydrogen-bond acceptors (Lipinski definition) is 3. The first-order chi connectivity index (χ1) is 8.22. The van der Waals surface area contributed by atoms with E-state index in [0.29, 0.717) is 18.2 Å². The minimum atomic E-state index is -2.39. The second kappa shape index (κ2) is 5.60. The van der Waals surface area contributed by atoms with Gasteiger partial charge in [-0.25, -0.2) is 13.8 Å². The van der Waals surface area contributed by atoms with Crippen LogP contribution >= 0.6 is 22.9 Å². The van der Waals surface area contributed by atoms with E-state index in [4.69, 9.17) is 11.6 Å². The zero-order valence-electron chi connectivity index (χ0n) is 8.94. The summed E-state index contributed by atoms with van der Waals surface area (Å²) in [6, 6.07) is 3.78. The number of pyridine rings is 1. The van der Waals surface area contributed by atoms with Gasteiger partial charge in [-0.1, -0.05) is 0 Å². The van der Waals surface area contributed by atoms with E-state index < -0.39 is 6.43 Å². The lowest BCUT2D eigenvalue weighted by atomic mass is 10.3. The zero-order chi connectivity index (χ0) is 12.3. The minimum Gasteiger partial charge on any atom is -0.349 e. The predicted octanol–water partition coefficient (Wildman–Crippen LogP) is 3.61. The van der Waals surface area contributed by atoms with Crippen LogP contribution in [-0.2, 0) is 0 Å². The lowest BCUT2D eigenvalue weighted by Crippen LogP contribution is -2.31. The Hall–Kier alpha value is -0.940. The topological polar surface area (TPSA) is 16.1 Å². The third-order valence-corrected chi connectivity index (χ3v) is 3.42. The van der Waals surface area contributed by atoms with E-state index in [1.54, 1.807) is 17.5 Å². The first kappa shape index (κ1) is 12.5. The summed E-state index contributed by atoms with van der Waals surface area (Å²) < 4.78 is 26.1. The molecule has 0 N–H and O–H groups in total. The van der Waals surface area contributed by atoms with Crippen molar-refractivity contribution in [1.82, 2.24) is 4.98 Å². The SMILES string of the molecule is FC(F)CN(CCCl)c1nccc2sccc12. The van der Waals surface area contributed by atoms with Crippen LogP contribution in [-0.4, -0.2) is 30.4 Å². The molecule has 0 aromatic carbocycles. The van der Waals surface area contributed by atoms with Gasteiger partial charge in [0.2, 0.25) is 0 Å². The Morgan fingerprint density at radius 3 is 2.94 bits per heavy atom. The van der Waals surface area contributed by atoms with Crippen LogP contribution in [0.5, 0.6) is 0 Å². The Bertz CT molecular complexity index is 489. The molecular weight excluding hydrogens is 266 g/mol. The van der Waals surface area contributed by atoms with Crippen molar-refractivity contribution in [2.75, 3.05) is 23.9 Å². The molecule has 2 heterocycles. The van der Waals surface area contributed by atoms with Crippen molar-refractivity contribution in [1.29, 1.82) is 0 Å². The molecule has 2 nitrogen and oxygen atoms in total. The Balaban J connectivity index is 2.36. The van der Waals surface area contributed by atoms with E-state index in [9.17, 15) is 8.78 Å². The summed E-state index contributed by atoms with van der Waals surface area (Å²) in [6.45, 7) is 0.0303. The molecule has 0 radical (unpaired) electrons. The molecule has 0 spiro atoms. The van der Waals surface area contributed by atoms with Gasteiger partial charge < -0.3 is 4.90 Å². The van der Waals surface area contributed by atoms with E-state index in [1.165, 1.54) is 4.90 Å². The largest absolute Gasteiger partial charge is 0.349 e. The molecule has 6 heteroatoms. The fourth-order valence-corrected chi connectivity index (χ4v) is 2.66. The van der Waals surface area contributed by atoms with Crippen LogP contribution in [0, 0.1) is 0 Å². The molecule has 2 aromatic heterocycles. The molecule has 0 aliphatic heterocycles. The second-order valence-corrected chi connectivity index (χ2v) is 4.82. The van der Waals surface area contributed by atoms with Crippen LogP contribution in [0.15, 0.2) is 23.7 Å². The van der Waals surface area contributed by atoms with Crippen LogP contribution in [0.1, 0.15) is 0 Å². The Morgan fingerprint density at radius 1 is 1.41 bits per heavy atom. The molecule has 0 atom stereocenters. The van der Waals surface area contributed by atoms with Crippen molar-refractivity contribution < 1.29 is 8.78 Å². The van der Waals surface area contributed by atoms with Crippen LogP contribution in [0.4, 0.5) is 14.6 Å². The number of nitrogens with zero attached hydrogens (tertiary/aromatic N) is 2. The molecule has 0 saturated carbocycles. The molecule has 0 aliphatic carbocycles. The van der Waals surface area contributed by atoms with Gasteiger partial charge in [-0.3, -0.25) is 0 Å². The summed E-state index contributed by atoms with van der Waals surface area (Å²) in [5.41, 5.74) is 0. The van der Waals surface area contributed by atoms with Gasteiger partial charge in [0, 0.05) is 28.7 Å². The Kier molecular flexibility index (Phi) is 4.12. The highest BCUT2D eigenvalue weighted by Gasteiger charge is 2.16. The average Bonchev–Trinajstić information content (AvgIpc) is 2.75. The highest BCUT2D eigenvalue weighted by atomic mass is 35.5. The summed E-state index contributed by atoms with van der Waals surface area (Å²) in [4.78, 5) is 5.73. The molecule has 2 rings (SSSR count). The van der Waals surface area contributed by atoms with Crippen molar-refractivity contribution >= 4 is 38.8 Å². The first-order valence-electron chi connectivity index (χ1n) is 5.13. The monoisotopic (exact) mass is 276 g/mol. The van der Waals surface area contributed by atoms with Crippen LogP contribution in [0.2, 0.25) is 0 Å². The summed E-state index contributed by atoms with van der Waals surface area (Å²) in [5, 5.41) is 2.83. The van der Waals surface area contributed by atoms with Gasteiger partial charge in [-0.15, -0.1) is 22.9 Å².